The lowest BCUT2D eigenvalue weighted by Gasteiger charge is -2.20. The van der Waals surface area contributed by atoms with Crippen molar-refractivity contribution < 1.29 is 47.5 Å². The third-order valence-corrected chi connectivity index (χ3v) is 12.0. The Bertz CT molecular complexity index is 1070. The molecule has 60 heavy (non-hydrogen) atoms. The van der Waals surface area contributed by atoms with E-state index in [1.54, 1.807) is 0 Å². The molecule has 0 rings (SSSR count). The van der Waals surface area contributed by atoms with E-state index in [4.69, 9.17) is 24.8 Å². The molecular weight excluding hydrogens is 781 g/mol. The van der Waals surface area contributed by atoms with E-state index in [1.807, 2.05) is 0 Å². The Labute approximate surface area is 367 Å². The van der Waals surface area contributed by atoms with Crippen molar-refractivity contribution in [2.45, 2.75) is 257 Å². The van der Waals surface area contributed by atoms with Gasteiger partial charge >= 0.3 is 25.7 Å². The molecule has 0 saturated heterocycles. The fourth-order valence-electron chi connectivity index (χ4n) is 7.12. The number of rotatable bonds is 47. The highest BCUT2D eigenvalue weighted by atomic mass is 31.2. The van der Waals surface area contributed by atoms with Gasteiger partial charge in [-0.2, -0.15) is 0 Å². The Balaban J connectivity index is 4.21. The SMILES string of the molecule is CCCCCCCC/C=C\CCCCCCCC(=O)O[C@H](COC(=O)CCCCCCCCCCCCCCCCCCCCCCC)COP(=O)(O)OC[C@H](N)C(=O)O. The molecule has 0 radical (unpaired) electrons. The van der Waals surface area contributed by atoms with E-state index < -0.39 is 51.1 Å². The molecule has 0 heterocycles. The van der Waals surface area contributed by atoms with Crippen LogP contribution < -0.4 is 5.73 Å². The fraction of sp³-hybridized carbons (Fsp3) is 0.896. The quantitative estimate of drug-likeness (QED) is 0.0230. The molecule has 0 saturated carbocycles. The predicted octanol–water partition coefficient (Wildman–Crippen LogP) is 13.6. The summed E-state index contributed by atoms with van der Waals surface area (Å²) < 4.78 is 32.8. The summed E-state index contributed by atoms with van der Waals surface area (Å²) >= 11 is 0. The van der Waals surface area contributed by atoms with E-state index in [-0.39, 0.29) is 19.4 Å². The largest absolute Gasteiger partial charge is 0.480 e. The molecular formula is C48H92NO10P. The number of unbranched alkanes of at least 4 members (excludes halogenated alkanes) is 31. The molecule has 3 atom stereocenters. The number of hydrogen-bond donors (Lipinski definition) is 3. The van der Waals surface area contributed by atoms with Gasteiger partial charge in [0.25, 0.3) is 0 Å². The minimum absolute atomic E-state index is 0.156. The number of ether oxygens (including phenoxy) is 2. The Morgan fingerprint density at radius 3 is 1.22 bits per heavy atom. The molecule has 0 fully saturated rings. The molecule has 0 aliphatic heterocycles. The monoisotopic (exact) mass is 874 g/mol. The predicted molar refractivity (Wildman–Crippen MR) is 245 cm³/mol. The van der Waals surface area contributed by atoms with Crippen LogP contribution in [-0.4, -0.2) is 59.9 Å². The summed E-state index contributed by atoms with van der Waals surface area (Å²) in [7, 11) is -4.72. The molecule has 354 valence electrons. The van der Waals surface area contributed by atoms with Gasteiger partial charge in [-0.1, -0.05) is 206 Å². The van der Waals surface area contributed by atoms with Crippen LogP contribution in [0.3, 0.4) is 0 Å². The highest BCUT2D eigenvalue weighted by Gasteiger charge is 2.28. The Morgan fingerprint density at radius 1 is 0.500 bits per heavy atom. The molecule has 0 spiro atoms. The van der Waals surface area contributed by atoms with E-state index in [0.29, 0.717) is 12.8 Å². The normalized spacial score (nSPS) is 13.7. The number of phosphoric acid groups is 1. The third-order valence-electron chi connectivity index (χ3n) is 11.0. The average Bonchev–Trinajstić information content (AvgIpc) is 3.22. The highest BCUT2D eigenvalue weighted by Crippen LogP contribution is 2.43. The van der Waals surface area contributed by atoms with E-state index in [1.165, 1.54) is 148 Å². The summed E-state index contributed by atoms with van der Waals surface area (Å²) in [4.78, 5) is 46.1. The number of carbonyl (C=O) groups excluding carboxylic acids is 2. The number of phosphoric ester groups is 1. The van der Waals surface area contributed by atoms with Gasteiger partial charge in [0.05, 0.1) is 13.2 Å². The Morgan fingerprint density at radius 2 is 0.833 bits per heavy atom. The van der Waals surface area contributed by atoms with Crippen molar-refractivity contribution in [1.82, 2.24) is 0 Å². The zero-order valence-corrected chi connectivity index (χ0v) is 39.5. The molecule has 0 aromatic carbocycles. The lowest BCUT2D eigenvalue weighted by molar-refractivity contribution is -0.161. The maximum atomic E-state index is 12.6. The molecule has 0 bridgehead atoms. The molecule has 0 aromatic heterocycles. The minimum atomic E-state index is -4.72. The van der Waals surface area contributed by atoms with Gasteiger partial charge in [0.1, 0.15) is 12.6 Å². The van der Waals surface area contributed by atoms with Crippen LogP contribution in [0.25, 0.3) is 0 Å². The minimum Gasteiger partial charge on any atom is -0.480 e. The smallest absolute Gasteiger partial charge is 0.472 e. The first-order valence-corrected chi connectivity index (χ1v) is 26.2. The first-order valence-electron chi connectivity index (χ1n) is 24.7. The van der Waals surface area contributed by atoms with Crippen molar-refractivity contribution in [3.05, 3.63) is 12.2 Å². The van der Waals surface area contributed by atoms with Crippen molar-refractivity contribution in [2.75, 3.05) is 19.8 Å². The van der Waals surface area contributed by atoms with Crippen LogP contribution in [0.4, 0.5) is 0 Å². The van der Waals surface area contributed by atoms with Gasteiger partial charge in [-0.05, 0) is 38.5 Å². The van der Waals surface area contributed by atoms with Crippen LogP contribution in [0.5, 0.6) is 0 Å². The number of allylic oxidation sites excluding steroid dienone is 2. The maximum absolute atomic E-state index is 12.6. The maximum Gasteiger partial charge on any atom is 0.472 e. The number of aliphatic carboxylic acids is 1. The van der Waals surface area contributed by atoms with Crippen LogP contribution in [0.2, 0.25) is 0 Å². The molecule has 0 aliphatic carbocycles. The first kappa shape index (κ1) is 58.2. The van der Waals surface area contributed by atoms with Gasteiger partial charge < -0.3 is 25.2 Å². The Kier molecular flexibility index (Phi) is 42.6. The number of hydrogen-bond acceptors (Lipinski definition) is 9. The fourth-order valence-corrected chi connectivity index (χ4v) is 7.90. The summed E-state index contributed by atoms with van der Waals surface area (Å²) in [6.45, 7) is 2.83. The molecule has 12 heteroatoms. The van der Waals surface area contributed by atoms with E-state index in [2.05, 4.69) is 30.5 Å². The number of carboxylic acids is 1. The van der Waals surface area contributed by atoms with Crippen molar-refractivity contribution in [3.8, 4) is 0 Å². The second-order valence-electron chi connectivity index (χ2n) is 17.0. The van der Waals surface area contributed by atoms with Gasteiger partial charge in [-0.25, -0.2) is 4.57 Å². The van der Waals surface area contributed by atoms with Gasteiger partial charge in [-0.3, -0.25) is 23.4 Å². The first-order chi connectivity index (χ1) is 29.1. The number of carbonyl (C=O) groups is 3. The van der Waals surface area contributed by atoms with Gasteiger partial charge in [-0.15, -0.1) is 0 Å². The Hall–Kier alpha value is -1.78. The summed E-state index contributed by atoms with van der Waals surface area (Å²) in [5.74, 6) is -2.37. The van der Waals surface area contributed by atoms with Crippen molar-refractivity contribution in [1.29, 1.82) is 0 Å². The molecule has 0 amide bonds. The molecule has 0 aromatic rings. The molecule has 4 N–H and O–H groups in total. The lowest BCUT2D eigenvalue weighted by Crippen LogP contribution is -2.34. The van der Waals surface area contributed by atoms with Gasteiger partial charge in [0.15, 0.2) is 6.10 Å². The molecule has 11 nitrogen and oxygen atoms in total. The summed E-state index contributed by atoms with van der Waals surface area (Å²) in [6, 6.07) is -1.52. The topological polar surface area (TPSA) is 172 Å². The van der Waals surface area contributed by atoms with Gasteiger partial charge in [0, 0.05) is 12.8 Å². The zero-order valence-electron chi connectivity index (χ0n) is 38.6. The molecule has 0 aliphatic rings. The van der Waals surface area contributed by atoms with E-state index in [0.717, 1.165) is 57.8 Å². The van der Waals surface area contributed by atoms with Gasteiger partial charge in [0.2, 0.25) is 0 Å². The summed E-state index contributed by atoms with van der Waals surface area (Å²) in [5, 5.41) is 8.91. The zero-order chi connectivity index (χ0) is 44.2. The number of nitrogens with two attached hydrogens (primary N) is 1. The van der Waals surface area contributed by atoms with Crippen LogP contribution in [0.15, 0.2) is 12.2 Å². The molecule has 1 unspecified atom stereocenters. The van der Waals surface area contributed by atoms with Crippen molar-refractivity contribution in [3.63, 3.8) is 0 Å². The summed E-state index contributed by atoms with van der Waals surface area (Å²) in [5.41, 5.74) is 5.34. The highest BCUT2D eigenvalue weighted by molar-refractivity contribution is 7.47. The van der Waals surface area contributed by atoms with Crippen LogP contribution in [0, 0.1) is 0 Å². The van der Waals surface area contributed by atoms with Crippen LogP contribution in [0.1, 0.15) is 245 Å². The van der Waals surface area contributed by atoms with Crippen molar-refractivity contribution >= 4 is 25.7 Å². The standard InChI is InChI=1S/C48H92NO10P/c1-3-5-7-9-11-13-15-17-19-20-21-22-23-24-26-27-29-31-33-35-37-39-46(50)56-41-44(42-57-60(54,55)58-43-45(49)48(52)53)59-47(51)40-38-36-34-32-30-28-25-18-16-14-12-10-8-6-4-2/h18,25,44-45H,3-17,19-24,26-43,49H2,1-2H3,(H,52,53)(H,54,55)/b25-18-/t44-,45+/m1/s1. The summed E-state index contributed by atoms with van der Waals surface area (Å²) in [6.07, 6.45) is 45.6. The number of carboxylic acid groups (broad SMARTS) is 1. The van der Waals surface area contributed by atoms with E-state index in [9.17, 15) is 23.8 Å². The van der Waals surface area contributed by atoms with Crippen LogP contribution in [-0.2, 0) is 37.5 Å². The lowest BCUT2D eigenvalue weighted by atomic mass is 10.0. The van der Waals surface area contributed by atoms with Crippen LogP contribution >= 0.6 is 7.82 Å². The third kappa shape index (κ3) is 42.9. The van der Waals surface area contributed by atoms with Crippen molar-refractivity contribution in [2.24, 2.45) is 5.73 Å². The number of esters is 2. The van der Waals surface area contributed by atoms with E-state index >= 15 is 0 Å². The second kappa shape index (κ2) is 43.9. The average molecular weight is 874 g/mol. The second-order valence-corrected chi connectivity index (χ2v) is 18.4.